The average Bonchev–Trinajstić information content (AvgIpc) is 2.41. The molecule has 116 valence electrons. The first kappa shape index (κ1) is 17.0. The predicted octanol–water partition coefficient (Wildman–Crippen LogP) is -3.21. The Balaban J connectivity index is 2.92. The molecule has 1 rings (SSSR count). The Morgan fingerprint density at radius 1 is 1.65 bits per heavy atom. The molecule has 0 radical (unpaired) electrons. The van der Waals surface area contributed by atoms with Gasteiger partial charge in [-0.1, -0.05) is 11.6 Å². The number of nitrogens with zero attached hydrogens (tertiary/aromatic N) is 1. The first-order chi connectivity index (χ1) is 9.33. The van der Waals surface area contributed by atoms with Gasteiger partial charge < -0.3 is 41.1 Å². The lowest BCUT2D eigenvalue weighted by Crippen LogP contribution is -2.62. The second-order valence-electron chi connectivity index (χ2n) is 4.22. The Bertz CT molecular complexity index is 378. The minimum atomic E-state index is -1.67. The Morgan fingerprint density at radius 3 is 2.70 bits per heavy atom. The predicted molar refractivity (Wildman–Crippen MR) is 67.8 cm³/mol. The summed E-state index contributed by atoms with van der Waals surface area (Å²) < 4.78 is 4.78. The number of rotatable bonds is 6. The summed E-state index contributed by atoms with van der Waals surface area (Å²) in [5.41, 5.74) is 5.09. The summed E-state index contributed by atoms with van der Waals surface area (Å²) in [4.78, 5) is 12.0. The highest BCUT2D eigenvalue weighted by Crippen LogP contribution is 2.20. The van der Waals surface area contributed by atoms with Crippen LogP contribution in [0.3, 0.4) is 0 Å². The van der Waals surface area contributed by atoms with Crippen molar-refractivity contribution in [2.24, 2.45) is 5.73 Å². The van der Waals surface area contributed by atoms with Crippen LogP contribution in [0.15, 0.2) is 11.4 Å². The number of hydrogen-bond donors (Lipinski definition) is 6. The molecule has 0 spiro atoms. The number of aliphatic hydroxyl groups is 4. The van der Waals surface area contributed by atoms with E-state index in [4.69, 9.17) is 27.2 Å². The monoisotopic (exact) mass is 311 g/mol. The lowest BCUT2D eigenvalue weighted by atomic mass is 10.1. The van der Waals surface area contributed by atoms with Gasteiger partial charge in [-0.25, -0.2) is 0 Å². The first-order valence-corrected chi connectivity index (χ1v) is 6.09. The number of carbonyl (C=O) groups is 1. The molecule has 1 aliphatic heterocycles. The Hall–Kier alpha value is -1.10. The molecule has 0 bridgehead atoms. The van der Waals surface area contributed by atoms with Crippen molar-refractivity contribution in [3.05, 3.63) is 11.4 Å². The smallest absolute Gasteiger partial charge is 0.244 e. The van der Waals surface area contributed by atoms with Gasteiger partial charge in [-0.2, -0.15) is 0 Å². The number of methoxy groups -OCH3 is 1. The number of ether oxygens (including phenoxy) is 1. The molecule has 20 heavy (non-hydrogen) atoms. The van der Waals surface area contributed by atoms with Gasteiger partial charge in [-0.3, -0.25) is 4.79 Å². The van der Waals surface area contributed by atoms with E-state index in [1.807, 2.05) is 0 Å². The number of aliphatic hydroxyl groups excluding tert-OH is 4. The summed E-state index contributed by atoms with van der Waals surface area (Å²) in [6.07, 6.45) is -4.74. The fourth-order valence-electron chi connectivity index (χ4n) is 1.78. The molecule has 7 N–H and O–H groups in total. The molecule has 1 heterocycles. The van der Waals surface area contributed by atoms with Crippen LogP contribution in [-0.4, -0.2) is 75.7 Å². The number of carbonyl (C=O) groups excluding carboxylic acids is 1. The summed E-state index contributed by atoms with van der Waals surface area (Å²) in [5.74, 6) is -0.888. The van der Waals surface area contributed by atoms with Crippen LogP contribution in [-0.2, 0) is 9.53 Å². The normalized spacial score (nSPS) is 27.3. The standard InChI is InChI=1S/C10H18ClN3O6/c1-20-4(3-15)7(16)10(19)14-2-5(11)13-6(8(12)17)9(14)18/h2,4,6-7,9-10,13,15-16,18-19H,3H2,1H3,(H2,12,17)/t4?,6?,7-,9?,10-/m1/s1. The molecule has 0 aliphatic carbocycles. The fourth-order valence-corrected chi connectivity index (χ4v) is 2.01. The highest BCUT2D eigenvalue weighted by molar-refractivity contribution is 6.29. The van der Waals surface area contributed by atoms with Gasteiger partial charge in [0.15, 0.2) is 18.5 Å². The van der Waals surface area contributed by atoms with Crippen molar-refractivity contribution < 1.29 is 30.0 Å². The van der Waals surface area contributed by atoms with Gasteiger partial charge in [-0.15, -0.1) is 0 Å². The van der Waals surface area contributed by atoms with E-state index in [-0.39, 0.29) is 5.16 Å². The van der Waals surface area contributed by atoms with E-state index in [1.165, 1.54) is 7.11 Å². The third-order valence-corrected chi connectivity index (χ3v) is 3.15. The lowest BCUT2D eigenvalue weighted by Gasteiger charge is -2.41. The van der Waals surface area contributed by atoms with Crippen molar-refractivity contribution in [1.82, 2.24) is 10.2 Å². The Kier molecular flexibility index (Phi) is 5.99. The van der Waals surface area contributed by atoms with Crippen LogP contribution in [0.2, 0.25) is 0 Å². The maximum Gasteiger partial charge on any atom is 0.244 e. The van der Waals surface area contributed by atoms with E-state index >= 15 is 0 Å². The highest BCUT2D eigenvalue weighted by atomic mass is 35.5. The SMILES string of the molecule is COC(CO)[C@@H](O)[C@@H](O)N1C=C(Cl)NC(C(N)=O)C1O. The third kappa shape index (κ3) is 3.51. The maximum absolute atomic E-state index is 11.2. The van der Waals surface area contributed by atoms with E-state index in [2.05, 4.69) is 5.32 Å². The van der Waals surface area contributed by atoms with E-state index < -0.39 is 43.2 Å². The molecule has 0 saturated carbocycles. The van der Waals surface area contributed by atoms with Gasteiger partial charge in [0, 0.05) is 13.3 Å². The summed E-state index contributed by atoms with van der Waals surface area (Å²) in [6.45, 7) is -0.548. The van der Waals surface area contributed by atoms with Crippen LogP contribution in [0, 0.1) is 0 Å². The second kappa shape index (κ2) is 7.07. The van der Waals surface area contributed by atoms with Gasteiger partial charge in [0.25, 0.3) is 0 Å². The van der Waals surface area contributed by atoms with Crippen molar-refractivity contribution in [2.75, 3.05) is 13.7 Å². The summed E-state index contributed by atoms with van der Waals surface area (Å²) in [7, 11) is 1.24. The number of nitrogens with two attached hydrogens (primary N) is 1. The van der Waals surface area contributed by atoms with E-state index in [0.717, 1.165) is 11.1 Å². The Labute approximate surface area is 120 Å². The van der Waals surface area contributed by atoms with Crippen LogP contribution in [0.4, 0.5) is 0 Å². The van der Waals surface area contributed by atoms with Crippen molar-refractivity contribution in [3.8, 4) is 0 Å². The molecular formula is C10H18ClN3O6. The van der Waals surface area contributed by atoms with Gasteiger partial charge in [0.05, 0.1) is 6.61 Å². The zero-order valence-corrected chi connectivity index (χ0v) is 11.4. The van der Waals surface area contributed by atoms with Crippen molar-refractivity contribution >= 4 is 17.5 Å². The lowest BCUT2D eigenvalue weighted by molar-refractivity contribution is -0.173. The fraction of sp³-hybridized carbons (Fsp3) is 0.700. The summed E-state index contributed by atoms with van der Waals surface area (Å²) >= 11 is 5.73. The molecule has 0 saturated heterocycles. The minimum Gasteiger partial charge on any atom is -0.394 e. The maximum atomic E-state index is 11.2. The molecule has 0 aromatic carbocycles. The Morgan fingerprint density at radius 2 is 2.25 bits per heavy atom. The molecule has 1 aliphatic rings. The minimum absolute atomic E-state index is 0.0525. The molecule has 0 aromatic rings. The van der Waals surface area contributed by atoms with E-state index in [1.54, 1.807) is 0 Å². The average molecular weight is 312 g/mol. The number of hydrogen-bond acceptors (Lipinski definition) is 8. The molecule has 3 unspecified atom stereocenters. The molecule has 10 heteroatoms. The van der Waals surface area contributed by atoms with Gasteiger partial charge in [0.2, 0.25) is 5.91 Å². The number of primary amides is 1. The van der Waals surface area contributed by atoms with Gasteiger partial charge >= 0.3 is 0 Å². The highest BCUT2D eigenvalue weighted by Gasteiger charge is 2.39. The van der Waals surface area contributed by atoms with Crippen LogP contribution in [0.5, 0.6) is 0 Å². The van der Waals surface area contributed by atoms with E-state index in [9.17, 15) is 20.1 Å². The molecule has 0 aromatic heterocycles. The zero-order valence-electron chi connectivity index (χ0n) is 10.7. The topological polar surface area (TPSA) is 149 Å². The third-order valence-electron chi connectivity index (χ3n) is 2.94. The summed E-state index contributed by atoms with van der Waals surface area (Å²) in [6, 6.07) is -1.26. The molecule has 1 amide bonds. The quantitative estimate of drug-likeness (QED) is 0.281. The molecule has 0 fully saturated rings. The first-order valence-electron chi connectivity index (χ1n) is 5.72. The largest absolute Gasteiger partial charge is 0.394 e. The number of nitrogens with one attached hydrogen (secondary N) is 1. The van der Waals surface area contributed by atoms with Crippen LogP contribution in [0.1, 0.15) is 0 Å². The molecule has 5 atom stereocenters. The van der Waals surface area contributed by atoms with Crippen LogP contribution >= 0.6 is 11.6 Å². The van der Waals surface area contributed by atoms with E-state index in [0.29, 0.717) is 0 Å². The molecular weight excluding hydrogens is 294 g/mol. The summed E-state index contributed by atoms with van der Waals surface area (Å²) in [5, 5.41) is 41.2. The van der Waals surface area contributed by atoms with Crippen LogP contribution in [0.25, 0.3) is 0 Å². The molecule has 9 nitrogen and oxygen atoms in total. The van der Waals surface area contributed by atoms with Crippen molar-refractivity contribution in [3.63, 3.8) is 0 Å². The van der Waals surface area contributed by atoms with Gasteiger partial charge in [0.1, 0.15) is 17.4 Å². The van der Waals surface area contributed by atoms with Crippen molar-refractivity contribution in [2.45, 2.75) is 30.7 Å². The number of amides is 1. The van der Waals surface area contributed by atoms with Crippen LogP contribution < -0.4 is 11.1 Å². The van der Waals surface area contributed by atoms with Crippen molar-refractivity contribution in [1.29, 1.82) is 0 Å². The zero-order chi connectivity index (χ0) is 15.4. The number of halogens is 1. The second-order valence-corrected chi connectivity index (χ2v) is 4.63. The van der Waals surface area contributed by atoms with Gasteiger partial charge in [-0.05, 0) is 0 Å².